The largest absolute Gasteiger partial charge is 0.368 e. The van der Waals surface area contributed by atoms with Gasteiger partial charge < -0.3 is 5.73 Å². The number of nitrogens with two attached hydrogens (primary N) is 1. The summed E-state index contributed by atoms with van der Waals surface area (Å²) in [5.41, 5.74) is 9.22. The SMILES string of the molecule is Cc1cc(-c2cnn(-c3ccccc3)c2)nc(N)n1. The Morgan fingerprint density at radius 3 is 2.63 bits per heavy atom. The van der Waals surface area contributed by atoms with Crippen molar-refractivity contribution in [3.63, 3.8) is 0 Å². The molecule has 1 aromatic carbocycles. The minimum atomic E-state index is 0.280. The molecule has 0 amide bonds. The summed E-state index contributed by atoms with van der Waals surface area (Å²) in [6.45, 7) is 1.89. The molecule has 5 heteroatoms. The van der Waals surface area contributed by atoms with Crippen LogP contribution in [0.2, 0.25) is 0 Å². The molecule has 0 radical (unpaired) electrons. The zero-order chi connectivity index (χ0) is 13.2. The van der Waals surface area contributed by atoms with Crippen molar-refractivity contribution >= 4 is 5.95 Å². The fourth-order valence-corrected chi connectivity index (χ4v) is 1.92. The maximum atomic E-state index is 5.67. The first kappa shape index (κ1) is 11.4. The van der Waals surface area contributed by atoms with Gasteiger partial charge in [0, 0.05) is 17.5 Å². The summed E-state index contributed by atoms with van der Waals surface area (Å²) < 4.78 is 1.81. The summed E-state index contributed by atoms with van der Waals surface area (Å²) in [6.07, 6.45) is 3.70. The zero-order valence-electron chi connectivity index (χ0n) is 10.5. The molecule has 0 aliphatic heterocycles. The average Bonchev–Trinajstić information content (AvgIpc) is 2.88. The van der Waals surface area contributed by atoms with E-state index in [1.54, 1.807) is 6.20 Å². The topological polar surface area (TPSA) is 69.6 Å². The van der Waals surface area contributed by atoms with Crippen molar-refractivity contribution in [2.75, 3.05) is 5.73 Å². The zero-order valence-corrected chi connectivity index (χ0v) is 10.5. The molecular formula is C14H13N5. The van der Waals surface area contributed by atoms with E-state index < -0.39 is 0 Å². The maximum absolute atomic E-state index is 5.67. The van der Waals surface area contributed by atoms with E-state index in [2.05, 4.69) is 15.1 Å². The van der Waals surface area contributed by atoms with Crippen LogP contribution in [0, 0.1) is 6.92 Å². The second-order valence-electron chi connectivity index (χ2n) is 4.26. The molecule has 0 fully saturated rings. The molecule has 0 saturated heterocycles. The Kier molecular flexibility index (Phi) is 2.72. The minimum absolute atomic E-state index is 0.280. The van der Waals surface area contributed by atoms with Gasteiger partial charge in [-0.05, 0) is 25.1 Å². The van der Waals surface area contributed by atoms with E-state index in [0.29, 0.717) is 0 Å². The predicted octanol–water partition coefficient (Wildman–Crippen LogP) is 2.22. The van der Waals surface area contributed by atoms with Crippen molar-refractivity contribution in [1.29, 1.82) is 0 Å². The van der Waals surface area contributed by atoms with Crippen molar-refractivity contribution in [3.05, 3.63) is 54.5 Å². The molecule has 19 heavy (non-hydrogen) atoms. The molecule has 0 bridgehead atoms. The third-order valence-corrected chi connectivity index (χ3v) is 2.77. The fraction of sp³-hybridized carbons (Fsp3) is 0.0714. The molecule has 0 aliphatic carbocycles. The standard InChI is InChI=1S/C14H13N5/c1-10-7-13(18-14(15)17-10)11-8-16-19(9-11)12-5-3-2-4-6-12/h2-9H,1H3,(H2,15,17,18). The van der Waals surface area contributed by atoms with Gasteiger partial charge in [-0.3, -0.25) is 0 Å². The smallest absolute Gasteiger partial charge is 0.220 e. The molecule has 0 unspecified atom stereocenters. The lowest BCUT2D eigenvalue weighted by Crippen LogP contribution is -1.97. The van der Waals surface area contributed by atoms with E-state index >= 15 is 0 Å². The van der Waals surface area contributed by atoms with Gasteiger partial charge in [-0.15, -0.1) is 0 Å². The monoisotopic (exact) mass is 251 g/mol. The molecule has 2 heterocycles. The average molecular weight is 251 g/mol. The van der Waals surface area contributed by atoms with Gasteiger partial charge >= 0.3 is 0 Å². The Hall–Kier alpha value is -2.69. The van der Waals surface area contributed by atoms with Gasteiger partial charge in [-0.2, -0.15) is 5.10 Å². The molecule has 0 atom stereocenters. The molecule has 0 saturated carbocycles. The first-order valence-electron chi connectivity index (χ1n) is 5.94. The van der Waals surface area contributed by atoms with Gasteiger partial charge in [0.05, 0.1) is 17.6 Å². The fourth-order valence-electron chi connectivity index (χ4n) is 1.92. The normalized spacial score (nSPS) is 10.6. The van der Waals surface area contributed by atoms with E-state index in [-0.39, 0.29) is 5.95 Å². The Morgan fingerprint density at radius 1 is 1.11 bits per heavy atom. The quantitative estimate of drug-likeness (QED) is 0.758. The number of anilines is 1. The third kappa shape index (κ3) is 2.30. The van der Waals surface area contributed by atoms with Gasteiger partial charge in [0.15, 0.2) is 0 Å². The van der Waals surface area contributed by atoms with Crippen molar-refractivity contribution in [1.82, 2.24) is 19.7 Å². The molecule has 3 rings (SSSR count). The number of hydrogen-bond acceptors (Lipinski definition) is 4. The lowest BCUT2D eigenvalue weighted by atomic mass is 10.2. The molecule has 0 spiro atoms. The summed E-state index contributed by atoms with van der Waals surface area (Å²) in [4.78, 5) is 8.29. The van der Waals surface area contributed by atoms with Gasteiger partial charge in [0.1, 0.15) is 0 Å². The summed E-state index contributed by atoms with van der Waals surface area (Å²) >= 11 is 0. The van der Waals surface area contributed by atoms with Crippen molar-refractivity contribution in [2.45, 2.75) is 6.92 Å². The van der Waals surface area contributed by atoms with Crippen LogP contribution in [0.3, 0.4) is 0 Å². The molecule has 2 aromatic heterocycles. The van der Waals surface area contributed by atoms with E-state index in [9.17, 15) is 0 Å². The number of benzene rings is 1. The predicted molar refractivity (Wildman–Crippen MR) is 73.7 cm³/mol. The molecule has 2 N–H and O–H groups in total. The van der Waals surface area contributed by atoms with Gasteiger partial charge in [0.25, 0.3) is 0 Å². The number of para-hydroxylation sites is 1. The highest BCUT2D eigenvalue weighted by Gasteiger charge is 2.06. The highest BCUT2D eigenvalue weighted by atomic mass is 15.3. The van der Waals surface area contributed by atoms with Crippen LogP contribution in [0.25, 0.3) is 16.9 Å². The molecular weight excluding hydrogens is 238 g/mol. The minimum Gasteiger partial charge on any atom is -0.368 e. The van der Waals surface area contributed by atoms with Crippen LogP contribution in [0.4, 0.5) is 5.95 Å². The highest BCUT2D eigenvalue weighted by Crippen LogP contribution is 2.19. The lowest BCUT2D eigenvalue weighted by molar-refractivity contribution is 0.880. The number of aryl methyl sites for hydroxylation is 1. The Morgan fingerprint density at radius 2 is 1.89 bits per heavy atom. The van der Waals surface area contributed by atoms with Gasteiger partial charge in [-0.25, -0.2) is 14.6 Å². The van der Waals surface area contributed by atoms with E-state index in [4.69, 9.17) is 5.73 Å². The maximum Gasteiger partial charge on any atom is 0.220 e. The second-order valence-corrected chi connectivity index (χ2v) is 4.26. The summed E-state index contributed by atoms with van der Waals surface area (Å²) in [5.74, 6) is 0.280. The molecule has 3 aromatic rings. The second kappa shape index (κ2) is 4.53. The molecule has 94 valence electrons. The van der Waals surface area contributed by atoms with E-state index in [1.807, 2.05) is 54.2 Å². The van der Waals surface area contributed by atoms with Gasteiger partial charge in [-0.1, -0.05) is 18.2 Å². The van der Waals surface area contributed by atoms with Crippen molar-refractivity contribution in [3.8, 4) is 16.9 Å². The number of rotatable bonds is 2. The van der Waals surface area contributed by atoms with Crippen LogP contribution in [-0.4, -0.2) is 19.7 Å². The first-order valence-corrected chi connectivity index (χ1v) is 5.94. The highest BCUT2D eigenvalue weighted by molar-refractivity contribution is 5.59. The van der Waals surface area contributed by atoms with Crippen molar-refractivity contribution < 1.29 is 0 Å². The van der Waals surface area contributed by atoms with Crippen LogP contribution in [0.15, 0.2) is 48.8 Å². The summed E-state index contributed by atoms with van der Waals surface area (Å²) in [6, 6.07) is 11.8. The first-order chi connectivity index (χ1) is 9.22. The van der Waals surface area contributed by atoms with Crippen molar-refractivity contribution in [2.24, 2.45) is 0 Å². The molecule has 0 aliphatic rings. The summed E-state index contributed by atoms with van der Waals surface area (Å²) in [7, 11) is 0. The Labute approximate surface area is 110 Å². The number of nitrogen functional groups attached to an aromatic ring is 1. The number of aromatic nitrogens is 4. The van der Waals surface area contributed by atoms with Crippen LogP contribution >= 0.6 is 0 Å². The summed E-state index contributed by atoms with van der Waals surface area (Å²) in [5, 5.41) is 4.34. The van der Waals surface area contributed by atoms with Gasteiger partial charge in [0.2, 0.25) is 5.95 Å². The van der Waals surface area contributed by atoms with Crippen LogP contribution in [-0.2, 0) is 0 Å². The number of nitrogens with zero attached hydrogens (tertiary/aromatic N) is 4. The lowest BCUT2D eigenvalue weighted by Gasteiger charge is -2.01. The third-order valence-electron chi connectivity index (χ3n) is 2.77. The van der Waals surface area contributed by atoms with Crippen LogP contribution in [0.5, 0.6) is 0 Å². The van der Waals surface area contributed by atoms with E-state index in [1.165, 1.54) is 0 Å². The number of hydrogen-bond donors (Lipinski definition) is 1. The van der Waals surface area contributed by atoms with Crippen LogP contribution in [0.1, 0.15) is 5.69 Å². The Bertz CT molecular complexity index is 683. The van der Waals surface area contributed by atoms with Crippen LogP contribution < -0.4 is 5.73 Å². The van der Waals surface area contributed by atoms with E-state index in [0.717, 1.165) is 22.6 Å². The Balaban J connectivity index is 2.02. The molecule has 5 nitrogen and oxygen atoms in total.